The lowest BCUT2D eigenvalue weighted by atomic mass is 10.1. The van der Waals surface area contributed by atoms with Crippen molar-refractivity contribution in [2.24, 2.45) is 0 Å². The summed E-state index contributed by atoms with van der Waals surface area (Å²) in [5.74, 6) is 0.764. The summed E-state index contributed by atoms with van der Waals surface area (Å²) in [4.78, 5) is 11.7. The maximum Gasteiger partial charge on any atom is 0.408 e. The number of carbonyl (C=O) groups excluding carboxylic acids is 1. The van der Waals surface area contributed by atoms with Crippen LogP contribution in [0.2, 0.25) is 0 Å². The zero-order valence-corrected chi connectivity index (χ0v) is 13.5. The van der Waals surface area contributed by atoms with Gasteiger partial charge in [-0.3, -0.25) is 0 Å². The molecular formula is C14H20BrNO3. The van der Waals surface area contributed by atoms with Crippen molar-refractivity contribution < 1.29 is 14.3 Å². The molecule has 0 saturated heterocycles. The van der Waals surface area contributed by atoms with Gasteiger partial charge >= 0.3 is 6.09 Å². The number of hydrogen-bond acceptors (Lipinski definition) is 3. The Kier molecular flexibility index (Phi) is 5.23. The van der Waals surface area contributed by atoms with Gasteiger partial charge < -0.3 is 14.8 Å². The Bertz CT molecular complexity index is 454. The van der Waals surface area contributed by atoms with E-state index in [2.05, 4.69) is 21.2 Å². The van der Waals surface area contributed by atoms with E-state index in [9.17, 15) is 4.79 Å². The van der Waals surface area contributed by atoms with Crippen LogP contribution in [0.15, 0.2) is 22.7 Å². The van der Waals surface area contributed by atoms with Gasteiger partial charge in [-0.15, -0.1) is 0 Å². The molecule has 5 heteroatoms. The van der Waals surface area contributed by atoms with Crippen LogP contribution in [-0.2, 0) is 4.74 Å². The van der Waals surface area contributed by atoms with Crippen molar-refractivity contribution >= 4 is 22.0 Å². The lowest BCUT2D eigenvalue weighted by molar-refractivity contribution is 0.0508. The van der Waals surface area contributed by atoms with E-state index in [1.54, 1.807) is 7.11 Å². The summed E-state index contributed by atoms with van der Waals surface area (Å²) in [7, 11) is 1.61. The first kappa shape index (κ1) is 15.8. The molecule has 0 bridgehead atoms. The Balaban J connectivity index is 2.73. The summed E-state index contributed by atoms with van der Waals surface area (Å²) >= 11 is 3.47. The third kappa shape index (κ3) is 5.11. The monoisotopic (exact) mass is 329 g/mol. The number of benzene rings is 1. The molecule has 0 fully saturated rings. The van der Waals surface area contributed by atoms with E-state index in [0.29, 0.717) is 0 Å². The molecule has 1 amide bonds. The highest BCUT2D eigenvalue weighted by molar-refractivity contribution is 9.10. The Morgan fingerprint density at radius 1 is 1.37 bits per heavy atom. The van der Waals surface area contributed by atoms with E-state index in [4.69, 9.17) is 9.47 Å². The number of methoxy groups -OCH3 is 1. The topological polar surface area (TPSA) is 47.6 Å². The summed E-state index contributed by atoms with van der Waals surface area (Å²) in [5.41, 5.74) is 0.465. The molecule has 0 spiro atoms. The molecule has 1 rings (SSSR count). The second-order valence-corrected chi connectivity index (χ2v) is 6.11. The van der Waals surface area contributed by atoms with Crippen LogP contribution in [-0.4, -0.2) is 18.8 Å². The van der Waals surface area contributed by atoms with Gasteiger partial charge in [0.05, 0.1) is 13.2 Å². The summed E-state index contributed by atoms with van der Waals surface area (Å²) in [6.45, 7) is 7.40. The lowest BCUT2D eigenvalue weighted by Gasteiger charge is -2.22. The number of halogens is 1. The number of alkyl carbamates (subject to hydrolysis) is 1. The largest absolute Gasteiger partial charge is 0.497 e. The quantitative estimate of drug-likeness (QED) is 0.910. The SMILES string of the molecule is COc1ccc([C@@H](C)NC(=O)OC(C)(C)C)c(Br)c1. The minimum Gasteiger partial charge on any atom is -0.497 e. The third-order valence-corrected chi connectivity index (χ3v) is 3.09. The van der Waals surface area contributed by atoms with E-state index in [0.717, 1.165) is 15.8 Å². The molecule has 1 atom stereocenters. The summed E-state index contributed by atoms with van der Waals surface area (Å²) < 4.78 is 11.2. The molecule has 0 heterocycles. The standard InChI is InChI=1S/C14H20BrNO3/c1-9(16-13(17)19-14(2,3)4)11-7-6-10(18-5)8-12(11)15/h6-9H,1-5H3,(H,16,17)/t9-/m1/s1. The number of rotatable bonds is 3. The van der Waals surface area contributed by atoms with Crippen LogP contribution in [0.1, 0.15) is 39.3 Å². The zero-order valence-electron chi connectivity index (χ0n) is 11.9. The molecule has 0 radical (unpaired) electrons. The summed E-state index contributed by atoms with van der Waals surface area (Å²) in [5, 5.41) is 2.80. The van der Waals surface area contributed by atoms with Gasteiger partial charge in [0, 0.05) is 4.47 Å². The van der Waals surface area contributed by atoms with Crippen molar-refractivity contribution in [3.05, 3.63) is 28.2 Å². The number of hydrogen-bond donors (Lipinski definition) is 1. The first-order valence-electron chi connectivity index (χ1n) is 6.06. The number of ether oxygens (including phenoxy) is 2. The van der Waals surface area contributed by atoms with Crippen molar-refractivity contribution in [3.8, 4) is 5.75 Å². The van der Waals surface area contributed by atoms with Gasteiger partial charge in [0.25, 0.3) is 0 Å². The first-order chi connectivity index (χ1) is 8.73. The van der Waals surface area contributed by atoms with E-state index in [1.807, 2.05) is 45.9 Å². The average molecular weight is 330 g/mol. The summed E-state index contributed by atoms with van der Waals surface area (Å²) in [6.07, 6.45) is -0.428. The molecule has 4 nitrogen and oxygen atoms in total. The van der Waals surface area contributed by atoms with Gasteiger partial charge in [0.15, 0.2) is 0 Å². The zero-order chi connectivity index (χ0) is 14.6. The Morgan fingerprint density at radius 3 is 2.47 bits per heavy atom. The van der Waals surface area contributed by atoms with Crippen LogP contribution in [0.3, 0.4) is 0 Å². The van der Waals surface area contributed by atoms with Crippen LogP contribution >= 0.6 is 15.9 Å². The molecule has 1 aromatic rings. The molecule has 1 N–H and O–H groups in total. The van der Waals surface area contributed by atoms with Crippen molar-refractivity contribution in [3.63, 3.8) is 0 Å². The van der Waals surface area contributed by atoms with Crippen molar-refractivity contribution in [2.45, 2.75) is 39.3 Å². The minimum absolute atomic E-state index is 0.157. The fraction of sp³-hybridized carbons (Fsp3) is 0.500. The molecular weight excluding hydrogens is 310 g/mol. The minimum atomic E-state index is -0.499. The van der Waals surface area contributed by atoms with E-state index < -0.39 is 11.7 Å². The maximum atomic E-state index is 11.7. The van der Waals surface area contributed by atoms with Gasteiger partial charge in [-0.05, 0) is 45.4 Å². The third-order valence-electron chi connectivity index (χ3n) is 2.41. The second-order valence-electron chi connectivity index (χ2n) is 5.26. The molecule has 1 aromatic carbocycles. The van der Waals surface area contributed by atoms with Crippen molar-refractivity contribution in [1.29, 1.82) is 0 Å². The molecule has 19 heavy (non-hydrogen) atoms. The van der Waals surface area contributed by atoms with Gasteiger partial charge in [-0.2, -0.15) is 0 Å². The predicted molar refractivity (Wildman–Crippen MR) is 78.5 cm³/mol. The maximum absolute atomic E-state index is 11.7. The molecule has 0 aliphatic heterocycles. The number of nitrogens with one attached hydrogen (secondary N) is 1. The van der Waals surface area contributed by atoms with Crippen LogP contribution in [0.5, 0.6) is 5.75 Å². The Labute approximate surface area is 122 Å². The fourth-order valence-corrected chi connectivity index (χ4v) is 2.25. The van der Waals surface area contributed by atoms with Gasteiger partial charge in [-0.25, -0.2) is 4.79 Å². The van der Waals surface area contributed by atoms with E-state index in [1.165, 1.54) is 0 Å². The first-order valence-corrected chi connectivity index (χ1v) is 6.85. The predicted octanol–water partition coefficient (Wildman–Crippen LogP) is 4.04. The van der Waals surface area contributed by atoms with Gasteiger partial charge in [0.2, 0.25) is 0 Å². The average Bonchev–Trinajstić information content (AvgIpc) is 2.25. The number of amides is 1. The fourth-order valence-electron chi connectivity index (χ4n) is 1.55. The molecule has 0 unspecified atom stereocenters. The molecule has 0 saturated carbocycles. The Morgan fingerprint density at radius 2 is 2.00 bits per heavy atom. The van der Waals surface area contributed by atoms with Gasteiger partial charge in [0.1, 0.15) is 11.4 Å². The second kappa shape index (κ2) is 6.28. The highest BCUT2D eigenvalue weighted by Gasteiger charge is 2.19. The van der Waals surface area contributed by atoms with Crippen LogP contribution in [0, 0.1) is 0 Å². The van der Waals surface area contributed by atoms with Crippen LogP contribution < -0.4 is 10.1 Å². The lowest BCUT2D eigenvalue weighted by Crippen LogP contribution is -2.34. The van der Waals surface area contributed by atoms with Gasteiger partial charge in [-0.1, -0.05) is 22.0 Å². The number of carbonyl (C=O) groups is 1. The normalized spacial score (nSPS) is 12.7. The molecule has 0 aliphatic carbocycles. The van der Waals surface area contributed by atoms with Crippen molar-refractivity contribution in [1.82, 2.24) is 5.32 Å². The van der Waals surface area contributed by atoms with E-state index in [-0.39, 0.29) is 6.04 Å². The smallest absolute Gasteiger partial charge is 0.408 e. The van der Waals surface area contributed by atoms with Crippen LogP contribution in [0.4, 0.5) is 4.79 Å². The highest BCUT2D eigenvalue weighted by atomic mass is 79.9. The molecule has 0 aliphatic rings. The van der Waals surface area contributed by atoms with Crippen LogP contribution in [0.25, 0.3) is 0 Å². The molecule has 0 aromatic heterocycles. The van der Waals surface area contributed by atoms with E-state index >= 15 is 0 Å². The molecule has 106 valence electrons. The summed E-state index contributed by atoms with van der Waals surface area (Å²) in [6, 6.07) is 5.47. The van der Waals surface area contributed by atoms with Crippen molar-refractivity contribution in [2.75, 3.05) is 7.11 Å². The highest BCUT2D eigenvalue weighted by Crippen LogP contribution is 2.27. The Hall–Kier alpha value is -1.23.